The fourth-order valence-electron chi connectivity index (χ4n) is 1.75. The molecule has 2 N–H and O–H groups in total. The quantitative estimate of drug-likeness (QED) is 0.335. The molecule has 0 fully saturated rings. The van der Waals surface area contributed by atoms with Crippen molar-refractivity contribution in [3.8, 4) is 0 Å². The molecule has 108 valence electrons. The van der Waals surface area contributed by atoms with Crippen LogP contribution in [-0.2, 0) is 0 Å². The van der Waals surface area contributed by atoms with Crippen molar-refractivity contribution in [2.45, 2.75) is 72.1 Å². The van der Waals surface area contributed by atoms with Crippen LogP contribution in [0.5, 0.6) is 0 Å². The lowest BCUT2D eigenvalue weighted by atomic mass is 10.1. The first kappa shape index (κ1) is 17.3. The van der Waals surface area contributed by atoms with Crippen molar-refractivity contribution in [2.75, 3.05) is 19.6 Å². The third kappa shape index (κ3) is 11.7. The first-order chi connectivity index (χ1) is 8.85. The van der Waals surface area contributed by atoms with Gasteiger partial charge in [0.25, 0.3) is 0 Å². The molecule has 0 heterocycles. The largest absolute Gasteiger partial charge is 0.356 e. The summed E-state index contributed by atoms with van der Waals surface area (Å²) >= 11 is 0. The standard InChI is InChI=1S/C15H33N3/c1-4-7-8-9-10-11-14-18-15(16-12-5-2)17-13-6-3/h4-14H2,1-3H3,(H2,16,17,18). The first-order valence-corrected chi connectivity index (χ1v) is 7.87. The lowest BCUT2D eigenvalue weighted by molar-refractivity contribution is 0.599. The molecule has 3 nitrogen and oxygen atoms in total. The van der Waals surface area contributed by atoms with E-state index in [4.69, 9.17) is 0 Å². The van der Waals surface area contributed by atoms with Gasteiger partial charge in [-0.05, 0) is 19.3 Å². The van der Waals surface area contributed by atoms with Crippen LogP contribution in [0.15, 0.2) is 4.99 Å². The van der Waals surface area contributed by atoms with Crippen LogP contribution in [0.2, 0.25) is 0 Å². The number of hydrogen-bond acceptors (Lipinski definition) is 1. The van der Waals surface area contributed by atoms with Crippen LogP contribution in [0, 0.1) is 0 Å². The van der Waals surface area contributed by atoms with Crippen molar-refractivity contribution in [3.05, 3.63) is 0 Å². The molecule has 0 aromatic heterocycles. The highest BCUT2D eigenvalue weighted by Gasteiger charge is 1.96. The summed E-state index contributed by atoms with van der Waals surface area (Å²) in [5.74, 6) is 0.993. The molecule has 0 aromatic carbocycles. The second kappa shape index (κ2) is 14.3. The maximum absolute atomic E-state index is 4.52. The fraction of sp³-hybridized carbons (Fsp3) is 0.933. The number of aliphatic imine (C=N–C) groups is 1. The Labute approximate surface area is 114 Å². The van der Waals surface area contributed by atoms with Crippen molar-refractivity contribution in [3.63, 3.8) is 0 Å². The van der Waals surface area contributed by atoms with Crippen LogP contribution in [0.4, 0.5) is 0 Å². The normalized spacial score (nSPS) is 11.6. The van der Waals surface area contributed by atoms with E-state index in [1.807, 2.05) is 0 Å². The molecule has 0 saturated carbocycles. The van der Waals surface area contributed by atoms with Gasteiger partial charge in [0.2, 0.25) is 0 Å². The molecular formula is C15H33N3. The number of nitrogens with zero attached hydrogens (tertiary/aromatic N) is 1. The molecule has 0 aromatic rings. The Morgan fingerprint density at radius 3 is 2.06 bits per heavy atom. The minimum atomic E-state index is 0.912. The average Bonchev–Trinajstić information content (AvgIpc) is 2.40. The lowest BCUT2D eigenvalue weighted by Crippen LogP contribution is -2.38. The van der Waals surface area contributed by atoms with E-state index in [1.54, 1.807) is 0 Å². The summed E-state index contributed by atoms with van der Waals surface area (Å²) in [6.45, 7) is 9.57. The van der Waals surface area contributed by atoms with E-state index in [0.717, 1.165) is 38.4 Å². The third-order valence-electron chi connectivity index (χ3n) is 2.86. The van der Waals surface area contributed by atoms with Gasteiger partial charge in [-0.3, -0.25) is 4.99 Å². The molecule has 0 saturated heterocycles. The predicted octanol–water partition coefficient (Wildman–Crippen LogP) is 3.70. The topological polar surface area (TPSA) is 36.4 Å². The zero-order chi connectivity index (χ0) is 13.5. The Bertz CT molecular complexity index is 190. The average molecular weight is 255 g/mol. The molecule has 0 unspecified atom stereocenters. The molecule has 0 amide bonds. The van der Waals surface area contributed by atoms with Gasteiger partial charge in [-0.2, -0.15) is 0 Å². The van der Waals surface area contributed by atoms with E-state index >= 15 is 0 Å². The van der Waals surface area contributed by atoms with Crippen molar-refractivity contribution >= 4 is 5.96 Å². The Balaban J connectivity index is 3.56. The summed E-state index contributed by atoms with van der Waals surface area (Å²) in [6.07, 6.45) is 10.3. The van der Waals surface area contributed by atoms with Gasteiger partial charge in [-0.15, -0.1) is 0 Å². The third-order valence-corrected chi connectivity index (χ3v) is 2.86. The highest BCUT2D eigenvalue weighted by molar-refractivity contribution is 5.79. The maximum atomic E-state index is 4.52. The second-order valence-corrected chi connectivity index (χ2v) is 4.85. The fourth-order valence-corrected chi connectivity index (χ4v) is 1.75. The van der Waals surface area contributed by atoms with Crippen LogP contribution < -0.4 is 10.6 Å². The summed E-state index contributed by atoms with van der Waals surface area (Å²) in [5, 5.41) is 6.77. The van der Waals surface area contributed by atoms with E-state index in [2.05, 4.69) is 36.4 Å². The molecule has 0 aliphatic carbocycles. The van der Waals surface area contributed by atoms with Crippen molar-refractivity contribution in [1.82, 2.24) is 10.6 Å². The number of nitrogens with one attached hydrogen (secondary N) is 2. The van der Waals surface area contributed by atoms with E-state index in [1.165, 1.54) is 38.5 Å². The molecule has 0 atom stereocenters. The second-order valence-electron chi connectivity index (χ2n) is 4.85. The number of unbranched alkanes of at least 4 members (excludes halogenated alkanes) is 5. The summed E-state index contributed by atoms with van der Waals surface area (Å²) in [5.41, 5.74) is 0. The van der Waals surface area contributed by atoms with Crippen molar-refractivity contribution in [2.24, 2.45) is 4.99 Å². The molecule has 0 rings (SSSR count). The van der Waals surface area contributed by atoms with Gasteiger partial charge in [0.1, 0.15) is 0 Å². The number of guanidine groups is 1. The maximum Gasteiger partial charge on any atom is 0.191 e. The van der Waals surface area contributed by atoms with Crippen LogP contribution in [0.1, 0.15) is 72.1 Å². The lowest BCUT2D eigenvalue weighted by Gasteiger charge is -2.11. The minimum Gasteiger partial charge on any atom is -0.356 e. The molecule has 0 aliphatic heterocycles. The van der Waals surface area contributed by atoms with E-state index < -0.39 is 0 Å². The van der Waals surface area contributed by atoms with Crippen LogP contribution in [0.3, 0.4) is 0 Å². The molecule has 0 radical (unpaired) electrons. The number of hydrogen-bond donors (Lipinski definition) is 2. The van der Waals surface area contributed by atoms with Crippen molar-refractivity contribution in [1.29, 1.82) is 0 Å². The first-order valence-electron chi connectivity index (χ1n) is 7.87. The molecule has 0 bridgehead atoms. The Hall–Kier alpha value is -0.730. The van der Waals surface area contributed by atoms with Gasteiger partial charge in [0.15, 0.2) is 5.96 Å². The zero-order valence-electron chi connectivity index (χ0n) is 12.7. The van der Waals surface area contributed by atoms with Crippen LogP contribution in [-0.4, -0.2) is 25.6 Å². The Kier molecular flexibility index (Phi) is 13.8. The minimum absolute atomic E-state index is 0.912. The summed E-state index contributed by atoms with van der Waals surface area (Å²) < 4.78 is 0. The van der Waals surface area contributed by atoms with Gasteiger partial charge in [-0.25, -0.2) is 0 Å². The predicted molar refractivity (Wildman–Crippen MR) is 82.3 cm³/mol. The summed E-state index contributed by atoms with van der Waals surface area (Å²) in [7, 11) is 0. The molecular weight excluding hydrogens is 222 g/mol. The summed E-state index contributed by atoms with van der Waals surface area (Å²) in [4.78, 5) is 4.52. The van der Waals surface area contributed by atoms with Gasteiger partial charge >= 0.3 is 0 Å². The van der Waals surface area contributed by atoms with Crippen molar-refractivity contribution < 1.29 is 0 Å². The highest BCUT2D eigenvalue weighted by Crippen LogP contribution is 2.03. The number of rotatable bonds is 11. The Morgan fingerprint density at radius 2 is 1.39 bits per heavy atom. The smallest absolute Gasteiger partial charge is 0.191 e. The van der Waals surface area contributed by atoms with Gasteiger partial charge < -0.3 is 10.6 Å². The molecule has 0 aliphatic rings. The highest BCUT2D eigenvalue weighted by atomic mass is 15.2. The molecule has 3 heteroatoms. The van der Waals surface area contributed by atoms with E-state index in [9.17, 15) is 0 Å². The van der Waals surface area contributed by atoms with Crippen LogP contribution >= 0.6 is 0 Å². The van der Waals surface area contributed by atoms with Crippen LogP contribution in [0.25, 0.3) is 0 Å². The van der Waals surface area contributed by atoms with Gasteiger partial charge in [-0.1, -0.05) is 52.9 Å². The summed E-state index contributed by atoms with van der Waals surface area (Å²) in [6, 6.07) is 0. The van der Waals surface area contributed by atoms with Gasteiger partial charge in [0.05, 0.1) is 0 Å². The molecule has 0 spiro atoms. The monoisotopic (exact) mass is 255 g/mol. The SMILES string of the molecule is CCCCCCCCNC(=NCCC)NCCC. The Morgan fingerprint density at radius 1 is 0.722 bits per heavy atom. The van der Waals surface area contributed by atoms with Gasteiger partial charge in [0, 0.05) is 19.6 Å². The van der Waals surface area contributed by atoms with E-state index in [-0.39, 0.29) is 0 Å². The zero-order valence-corrected chi connectivity index (χ0v) is 12.7. The molecule has 18 heavy (non-hydrogen) atoms. The van der Waals surface area contributed by atoms with E-state index in [0.29, 0.717) is 0 Å².